The zero-order valence-corrected chi connectivity index (χ0v) is 18.5. The topological polar surface area (TPSA) is 107 Å². The van der Waals surface area contributed by atoms with Gasteiger partial charge in [0.2, 0.25) is 21.8 Å². The normalized spacial score (nSPS) is 16.1. The van der Waals surface area contributed by atoms with Crippen molar-refractivity contribution in [3.8, 4) is 0 Å². The van der Waals surface area contributed by atoms with Gasteiger partial charge in [-0.25, -0.2) is 22.5 Å². The average Bonchev–Trinajstić information content (AvgIpc) is 3.19. The molecule has 182 valence electrons. The number of nitrogens with one attached hydrogen (secondary N) is 3. The number of alkyl halides is 3. The molecular formula is C21H21F4N5O3S. The Morgan fingerprint density at radius 3 is 2.44 bits per heavy atom. The summed E-state index contributed by atoms with van der Waals surface area (Å²) in [6.45, 7) is 0.989. The molecule has 0 atom stereocenters. The smallest absolute Gasteiger partial charge is 0.334 e. The lowest BCUT2D eigenvalue weighted by molar-refractivity contribution is -0.144. The number of sulfonamides is 1. The van der Waals surface area contributed by atoms with E-state index in [-0.39, 0.29) is 34.4 Å². The molecule has 0 unspecified atom stereocenters. The first-order valence-electron chi connectivity index (χ1n) is 10.4. The number of hydrogen-bond acceptors (Lipinski definition) is 5. The number of halogens is 4. The van der Waals surface area contributed by atoms with Crippen LogP contribution in [0.5, 0.6) is 0 Å². The Balaban J connectivity index is 1.28. The SMILES string of the molecule is O=C(CN1CCC(NS(=O)(=O)c2ccc(F)cc2)CC1)Nc1ccc2nc(C(F)(F)F)[nH]c2c1. The van der Waals surface area contributed by atoms with Crippen LogP contribution in [0, 0.1) is 5.82 Å². The zero-order chi connectivity index (χ0) is 24.5. The van der Waals surface area contributed by atoms with Gasteiger partial charge in [-0.2, -0.15) is 13.2 Å². The average molecular weight is 499 g/mol. The van der Waals surface area contributed by atoms with E-state index >= 15 is 0 Å². The molecule has 1 saturated heterocycles. The number of H-pyrrole nitrogens is 1. The maximum atomic E-state index is 13.0. The van der Waals surface area contributed by atoms with Gasteiger partial charge in [-0.05, 0) is 55.3 Å². The molecule has 3 aromatic rings. The van der Waals surface area contributed by atoms with E-state index in [1.165, 1.54) is 30.3 Å². The lowest BCUT2D eigenvalue weighted by Crippen LogP contribution is -2.46. The largest absolute Gasteiger partial charge is 0.449 e. The lowest BCUT2D eigenvalue weighted by Gasteiger charge is -2.31. The number of fused-ring (bicyclic) bond motifs is 1. The van der Waals surface area contributed by atoms with Gasteiger partial charge < -0.3 is 10.3 Å². The quantitative estimate of drug-likeness (QED) is 0.452. The Kier molecular flexibility index (Phi) is 6.60. The fraction of sp³-hybridized carbons (Fsp3) is 0.333. The number of likely N-dealkylation sites (tertiary alicyclic amines) is 1. The van der Waals surface area contributed by atoms with E-state index in [4.69, 9.17) is 0 Å². The van der Waals surface area contributed by atoms with Crippen molar-refractivity contribution in [3.05, 3.63) is 54.1 Å². The molecule has 0 spiro atoms. The Morgan fingerprint density at radius 1 is 1.12 bits per heavy atom. The van der Waals surface area contributed by atoms with Crippen molar-refractivity contribution in [1.82, 2.24) is 19.6 Å². The Labute approximate surface area is 192 Å². The molecule has 8 nitrogen and oxygen atoms in total. The van der Waals surface area contributed by atoms with Gasteiger partial charge in [0.25, 0.3) is 0 Å². The minimum atomic E-state index is -4.60. The second-order valence-electron chi connectivity index (χ2n) is 7.99. The number of aromatic amines is 1. The molecule has 0 aliphatic carbocycles. The van der Waals surface area contributed by atoms with E-state index in [2.05, 4.69) is 20.0 Å². The summed E-state index contributed by atoms with van der Waals surface area (Å²) in [5, 5.41) is 2.65. The Hall–Kier alpha value is -3.03. The van der Waals surface area contributed by atoms with E-state index in [1.54, 1.807) is 0 Å². The van der Waals surface area contributed by atoms with Crippen molar-refractivity contribution in [3.63, 3.8) is 0 Å². The highest BCUT2D eigenvalue weighted by atomic mass is 32.2. The van der Waals surface area contributed by atoms with Crippen LogP contribution in [-0.2, 0) is 21.0 Å². The van der Waals surface area contributed by atoms with Gasteiger partial charge in [-0.15, -0.1) is 0 Å². The predicted octanol–water partition coefficient (Wildman–Crippen LogP) is 3.10. The third-order valence-electron chi connectivity index (χ3n) is 5.43. The van der Waals surface area contributed by atoms with Gasteiger partial charge in [0, 0.05) is 24.8 Å². The summed E-state index contributed by atoms with van der Waals surface area (Å²) < 4.78 is 78.9. The van der Waals surface area contributed by atoms with E-state index in [0.29, 0.717) is 31.6 Å². The summed E-state index contributed by atoms with van der Waals surface area (Å²) in [4.78, 5) is 19.9. The van der Waals surface area contributed by atoms with Crippen LogP contribution >= 0.6 is 0 Å². The number of amides is 1. The minimum Gasteiger partial charge on any atom is -0.334 e. The second-order valence-corrected chi connectivity index (χ2v) is 9.70. The highest BCUT2D eigenvalue weighted by Gasteiger charge is 2.34. The molecule has 3 N–H and O–H groups in total. The monoisotopic (exact) mass is 499 g/mol. The van der Waals surface area contributed by atoms with Crippen molar-refractivity contribution in [2.75, 3.05) is 25.0 Å². The Bertz CT molecular complexity index is 1280. The van der Waals surface area contributed by atoms with Gasteiger partial charge in [0.15, 0.2) is 0 Å². The van der Waals surface area contributed by atoms with Crippen LogP contribution in [-0.4, -0.2) is 54.9 Å². The number of nitrogens with zero attached hydrogens (tertiary/aromatic N) is 2. The molecule has 2 aromatic carbocycles. The molecule has 0 saturated carbocycles. The fourth-order valence-corrected chi connectivity index (χ4v) is 5.04. The molecular weight excluding hydrogens is 478 g/mol. The van der Waals surface area contributed by atoms with Gasteiger partial charge in [-0.3, -0.25) is 9.69 Å². The molecule has 1 aliphatic heterocycles. The first kappa shape index (κ1) is 24.1. The number of aromatic nitrogens is 2. The number of carbonyl (C=O) groups is 1. The van der Waals surface area contributed by atoms with Crippen LogP contribution in [0.1, 0.15) is 18.7 Å². The minimum absolute atomic E-state index is 0.0210. The molecule has 1 fully saturated rings. The van der Waals surface area contributed by atoms with E-state index in [9.17, 15) is 30.8 Å². The summed E-state index contributed by atoms with van der Waals surface area (Å²) in [7, 11) is -3.78. The molecule has 1 aromatic heterocycles. The highest BCUT2D eigenvalue weighted by molar-refractivity contribution is 7.89. The number of anilines is 1. The maximum absolute atomic E-state index is 13.0. The third-order valence-corrected chi connectivity index (χ3v) is 6.97. The molecule has 1 amide bonds. The summed E-state index contributed by atoms with van der Waals surface area (Å²) in [5.41, 5.74) is 0.617. The number of piperidine rings is 1. The van der Waals surface area contributed by atoms with E-state index in [1.807, 2.05) is 4.90 Å². The van der Waals surface area contributed by atoms with Gasteiger partial charge in [0.05, 0.1) is 22.5 Å². The summed E-state index contributed by atoms with van der Waals surface area (Å²) in [6.07, 6.45) is -3.64. The van der Waals surface area contributed by atoms with Crippen molar-refractivity contribution < 1.29 is 30.8 Å². The molecule has 0 bridgehead atoms. The highest BCUT2D eigenvalue weighted by Crippen LogP contribution is 2.29. The van der Waals surface area contributed by atoms with Crippen molar-refractivity contribution in [2.24, 2.45) is 0 Å². The summed E-state index contributed by atoms with van der Waals surface area (Å²) in [5.74, 6) is -1.98. The van der Waals surface area contributed by atoms with Crippen LogP contribution in [0.25, 0.3) is 11.0 Å². The molecule has 13 heteroatoms. The van der Waals surface area contributed by atoms with Gasteiger partial charge in [-0.1, -0.05) is 0 Å². The van der Waals surface area contributed by atoms with Crippen molar-refractivity contribution in [1.29, 1.82) is 0 Å². The second kappa shape index (κ2) is 9.31. The number of hydrogen-bond donors (Lipinski definition) is 3. The first-order valence-corrected chi connectivity index (χ1v) is 11.8. The first-order chi connectivity index (χ1) is 16.0. The Morgan fingerprint density at radius 2 is 1.79 bits per heavy atom. The van der Waals surface area contributed by atoms with E-state index < -0.39 is 27.8 Å². The zero-order valence-electron chi connectivity index (χ0n) is 17.7. The third kappa shape index (κ3) is 5.72. The number of benzene rings is 2. The number of imidazole rings is 1. The van der Waals surface area contributed by atoms with Crippen LogP contribution in [0.15, 0.2) is 47.4 Å². The molecule has 34 heavy (non-hydrogen) atoms. The molecule has 1 aliphatic rings. The standard InChI is InChI=1S/C21H21F4N5O3S/c22-13-1-4-16(5-2-13)34(32,33)29-14-7-9-30(10-8-14)12-19(31)26-15-3-6-17-18(11-15)28-20(27-17)21(23,24)25/h1-6,11,14,29H,7-10,12H2,(H,26,31)(H,27,28). The summed E-state index contributed by atoms with van der Waals surface area (Å²) >= 11 is 0. The van der Waals surface area contributed by atoms with Crippen molar-refractivity contribution >= 4 is 32.7 Å². The lowest BCUT2D eigenvalue weighted by atomic mass is 10.1. The van der Waals surface area contributed by atoms with Gasteiger partial charge >= 0.3 is 6.18 Å². The number of rotatable bonds is 6. The number of carbonyl (C=O) groups excluding carboxylic acids is 1. The van der Waals surface area contributed by atoms with Crippen LogP contribution in [0.2, 0.25) is 0 Å². The fourth-order valence-electron chi connectivity index (χ4n) is 3.74. The predicted molar refractivity (Wildman–Crippen MR) is 116 cm³/mol. The van der Waals surface area contributed by atoms with Crippen LogP contribution < -0.4 is 10.0 Å². The molecule has 4 rings (SSSR count). The van der Waals surface area contributed by atoms with Gasteiger partial charge in [0.1, 0.15) is 5.82 Å². The molecule has 2 heterocycles. The van der Waals surface area contributed by atoms with Crippen LogP contribution in [0.3, 0.4) is 0 Å². The van der Waals surface area contributed by atoms with Crippen molar-refractivity contribution in [2.45, 2.75) is 30.0 Å². The van der Waals surface area contributed by atoms with E-state index in [0.717, 1.165) is 12.1 Å². The maximum Gasteiger partial charge on any atom is 0.449 e. The van der Waals surface area contributed by atoms with Crippen LogP contribution in [0.4, 0.5) is 23.2 Å². The summed E-state index contributed by atoms with van der Waals surface area (Å²) in [6, 6.07) is 8.46. The molecule has 0 radical (unpaired) electrons.